The molecule has 27 heavy (non-hydrogen) atoms. The maximum atomic E-state index is 5.38. The number of nitrogens with zero attached hydrogens (tertiary/aromatic N) is 4. The predicted molar refractivity (Wildman–Crippen MR) is 99.8 cm³/mol. The summed E-state index contributed by atoms with van der Waals surface area (Å²) >= 11 is 0. The third kappa shape index (κ3) is 4.97. The van der Waals surface area contributed by atoms with Crippen LogP contribution in [0.5, 0.6) is 11.5 Å². The summed E-state index contributed by atoms with van der Waals surface area (Å²) in [6, 6.07) is 6.12. The maximum absolute atomic E-state index is 5.38. The smallest absolute Gasteiger partial charge is 0.243 e. The van der Waals surface area contributed by atoms with Gasteiger partial charge in [0.05, 0.1) is 20.3 Å². The lowest BCUT2D eigenvalue weighted by Crippen LogP contribution is -2.46. The number of ether oxygens (including phenoxy) is 3. The van der Waals surface area contributed by atoms with Gasteiger partial charge in [-0.3, -0.25) is 9.80 Å². The fraction of sp³-hybridized carbons (Fsp3) is 0.579. The van der Waals surface area contributed by atoms with Crippen LogP contribution in [0.2, 0.25) is 0 Å². The van der Waals surface area contributed by atoms with Gasteiger partial charge in [0.1, 0.15) is 18.1 Å². The first-order chi connectivity index (χ1) is 13.1. The molecule has 0 amide bonds. The molecule has 2 heterocycles. The average molecular weight is 376 g/mol. The van der Waals surface area contributed by atoms with Crippen LogP contribution < -0.4 is 9.47 Å². The average Bonchev–Trinajstić information content (AvgIpc) is 3.16. The van der Waals surface area contributed by atoms with E-state index in [2.05, 4.69) is 39.0 Å². The van der Waals surface area contributed by atoms with E-state index in [1.54, 1.807) is 21.3 Å². The van der Waals surface area contributed by atoms with E-state index in [-0.39, 0.29) is 6.04 Å². The summed E-state index contributed by atoms with van der Waals surface area (Å²) in [5, 5.41) is 3.95. The Hall–Kier alpha value is -2.16. The van der Waals surface area contributed by atoms with Gasteiger partial charge in [0.25, 0.3) is 0 Å². The number of hydrogen-bond acceptors (Lipinski definition) is 8. The first kappa shape index (κ1) is 19.6. The zero-order valence-electron chi connectivity index (χ0n) is 16.5. The first-order valence-electron chi connectivity index (χ1n) is 9.12. The van der Waals surface area contributed by atoms with Crippen molar-refractivity contribution in [3.8, 4) is 11.5 Å². The molecule has 1 aromatic carbocycles. The van der Waals surface area contributed by atoms with Crippen molar-refractivity contribution >= 4 is 0 Å². The highest BCUT2D eigenvalue weighted by Crippen LogP contribution is 2.25. The Labute approximate surface area is 160 Å². The summed E-state index contributed by atoms with van der Waals surface area (Å²) in [6.45, 7) is 7.19. The summed E-state index contributed by atoms with van der Waals surface area (Å²) < 4.78 is 21.2. The van der Waals surface area contributed by atoms with Crippen molar-refractivity contribution < 1.29 is 18.7 Å². The Morgan fingerprint density at radius 3 is 2.30 bits per heavy atom. The summed E-state index contributed by atoms with van der Waals surface area (Å²) in [5.74, 6) is 2.87. The second-order valence-corrected chi connectivity index (χ2v) is 6.69. The molecule has 1 aromatic heterocycles. The van der Waals surface area contributed by atoms with Crippen LogP contribution in [0.4, 0.5) is 0 Å². The van der Waals surface area contributed by atoms with Gasteiger partial charge in [-0.2, -0.15) is 4.98 Å². The third-order valence-corrected chi connectivity index (χ3v) is 4.89. The van der Waals surface area contributed by atoms with E-state index in [1.807, 2.05) is 6.07 Å². The zero-order chi connectivity index (χ0) is 19.2. The van der Waals surface area contributed by atoms with Gasteiger partial charge in [0.2, 0.25) is 5.89 Å². The minimum Gasteiger partial charge on any atom is -0.497 e. The minimum atomic E-state index is 0.0992. The maximum Gasteiger partial charge on any atom is 0.243 e. The number of piperazine rings is 1. The molecule has 8 nitrogen and oxygen atoms in total. The lowest BCUT2D eigenvalue weighted by molar-refractivity contribution is 0.0844. The van der Waals surface area contributed by atoms with E-state index in [9.17, 15) is 0 Å². The molecule has 1 atom stereocenters. The molecular formula is C19H28N4O4. The van der Waals surface area contributed by atoms with E-state index in [1.165, 1.54) is 5.56 Å². The molecule has 1 unspecified atom stereocenters. The Bertz CT molecular complexity index is 706. The monoisotopic (exact) mass is 376 g/mol. The molecule has 0 aliphatic carbocycles. The second-order valence-electron chi connectivity index (χ2n) is 6.69. The number of benzene rings is 1. The molecule has 0 radical (unpaired) electrons. The van der Waals surface area contributed by atoms with E-state index >= 15 is 0 Å². The van der Waals surface area contributed by atoms with Crippen molar-refractivity contribution in [2.24, 2.45) is 0 Å². The Balaban J connectivity index is 1.55. The second kappa shape index (κ2) is 9.16. The SMILES string of the molecule is COCc1noc(C(C)N2CCN(Cc3cc(OC)cc(OC)c3)CC2)n1. The summed E-state index contributed by atoms with van der Waals surface area (Å²) in [5.41, 5.74) is 1.19. The molecule has 1 fully saturated rings. The molecule has 8 heteroatoms. The van der Waals surface area contributed by atoms with E-state index in [0.717, 1.165) is 44.2 Å². The minimum absolute atomic E-state index is 0.0992. The molecule has 2 aromatic rings. The van der Waals surface area contributed by atoms with Crippen molar-refractivity contribution in [1.29, 1.82) is 0 Å². The van der Waals surface area contributed by atoms with Crippen LogP contribution in [0.15, 0.2) is 22.7 Å². The molecule has 0 spiro atoms. The van der Waals surface area contributed by atoms with E-state index < -0.39 is 0 Å². The highest BCUT2D eigenvalue weighted by atomic mass is 16.5. The van der Waals surface area contributed by atoms with Gasteiger partial charge in [0.15, 0.2) is 5.82 Å². The van der Waals surface area contributed by atoms with Crippen molar-refractivity contribution in [3.05, 3.63) is 35.5 Å². The van der Waals surface area contributed by atoms with Crippen molar-refractivity contribution in [1.82, 2.24) is 19.9 Å². The van der Waals surface area contributed by atoms with Crippen LogP contribution >= 0.6 is 0 Å². The molecule has 0 N–H and O–H groups in total. The Morgan fingerprint density at radius 2 is 1.70 bits per heavy atom. The topological polar surface area (TPSA) is 73.1 Å². The van der Waals surface area contributed by atoms with E-state index in [0.29, 0.717) is 18.3 Å². The molecular weight excluding hydrogens is 348 g/mol. The zero-order valence-corrected chi connectivity index (χ0v) is 16.5. The first-order valence-corrected chi connectivity index (χ1v) is 9.12. The fourth-order valence-electron chi connectivity index (χ4n) is 3.31. The van der Waals surface area contributed by atoms with Crippen LogP contribution in [0, 0.1) is 0 Å². The fourth-order valence-corrected chi connectivity index (χ4v) is 3.31. The summed E-state index contributed by atoms with van der Waals surface area (Å²) in [7, 11) is 4.97. The molecule has 148 valence electrons. The highest BCUT2D eigenvalue weighted by molar-refractivity contribution is 5.38. The van der Waals surface area contributed by atoms with E-state index in [4.69, 9.17) is 18.7 Å². The van der Waals surface area contributed by atoms with Crippen LogP contribution in [0.3, 0.4) is 0 Å². The predicted octanol–water partition coefficient (Wildman–Crippen LogP) is 2.11. The molecule has 1 aliphatic heterocycles. The van der Waals surface area contributed by atoms with Gasteiger partial charge < -0.3 is 18.7 Å². The number of methoxy groups -OCH3 is 3. The Kier molecular flexibility index (Phi) is 6.65. The lowest BCUT2D eigenvalue weighted by Gasteiger charge is -2.36. The highest BCUT2D eigenvalue weighted by Gasteiger charge is 2.26. The van der Waals surface area contributed by atoms with Gasteiger partial charge >= 0.3 is 0 Å². The normalized spacial score (nSPS) is 17.0. The van der Waals surface area contributed by atoms with Gasteiger partial charge in [0, 0.05) is 45.9 Å². The molecule has 1 saturated heterocycles. The van der Waals surface area contributed by atoms with Crippen LogP contribution in [0.1, 0.15) is 30.2 Å². The summed E-state index contributed by atoms with van der Waals surface area (Å²) in [4.78, 5) is 9.21. The quantitative estimate of drug-likeness (QED) is 0.694. The molecule has 0 saturated carbocycles. The lowest BCUT2D eigenvalue weighted by atomic mass is 10.1. The van der Waals surface area contributed by atoms with Gasteiger partial charge in [-0.15, -0.1) is 0 Å². The number of aromatic nitrogens is 2. The van der Waals surface area contributed by atoms with Crippen LogP contribution in [0.25, 0.3) is 0 Å². The number of hydrogen-bond donors (Lipinski definition) is 0. The summed E-state index contributed by atoms with van der Waals surface area (Å²) in [6.07, 6.45) is 0. The van der Waals surface area contributed by atoms with Gasteiger partial charge in [-0.05, 0) is 24.6 Å². The standard InChI is InChI=1S/C19H28N4O4/c1-14(19-20-18(13-24-2)21-27-19)23-7-5-22(6-8-23)12-15-9-16(25-3)11-17(10-15)26-4/h9-11,14H,5-8,12-13H2,1-4H3. The number of rotatable bonds is 8. The molecule has 1 aliphatic rings. The van der Waals surface area contributed by atoms with Crippen LogP contribution in [-0.4, -0.2) is 67.4 Å². The molecule has 0 bridgehead atoms. The largest absolute Gasteiger partial charge is 0.497 e. The van der Waals surface area contributed by atoms with Gasteiger partial charge in [-0.1, -0.05) is 5.16 Å². The Morgan fingerprint density at radius 1 is 1.04 bits per heavy atom. The van der Waals surface area contributed by atoms with Crippen LogP contribution in [-0.2, 0) is 17.9 Å². The van der Waals surface area contributed by atoms with Crippen molar-refractivity contribution in [2.75, 3.05) is 47.5 Å². The molecule has 3 rings (SSSR count). The van der Waals surface area contributed by atoms with Crippen molar-refractivity contribution in [2.45, 2.75) is 26.1 Å². The van der Waals surface area contributed by atoms with Crippen molar-refractivity contribution in [3.63, 3.8) is 0 Å². The van der Waals surface area contributed by atoms with Gasteiger partial charge in [-0.25, -0.2) is 0 Å². The third-order valence-electron chi connectivity index (χ3n) is 4.89.